The van der Waals surface area contributed by atoms with Crippen LogP contribution in [0.4, 0.5) is 5.82 Å². The molecule has 1 aliphatic heterocycles. The van der Waals surface area contributed by atoms with E-state index in [0.29, 0.717) is 32.8 Å². The molecule has 136 valence electrons. The second kappa shape index (κ2) is 8.38. The summed E-state index contributed by atoms with van der Waals surface area (Å²) in [6, 6.07) is 13.2. The zero-order valence-electron chi connectivity index (χ0n) is 14.9. The number of nitrogens with zero attached hydrogens (tertiary/aromatic N) is 3. The molecule has 1 N–H and O–H groups in total. The molecule has 0 saturated carbocycles. The van der Waals surface area contributed by atoms with Gasteiger partial charge in [0, 0.05) is 12.1 Å². The van der Waals surface area contributed by atoms with Crippen LogP contribution in [-0.4, -0.2) is 48.8 Å². The number of pyridine rings is 1. The molecule has 2 aromatic rings. The Balaban J connectivity index is 1.54. The van der Waals surface area contributed by atoms with Gasteiger partial charge in [-0.05, 0) is 36.8 Å². The van der Waals surface area contributed by atoms with Gasteiger partial charge in [-0.2, -0.15) is 0 Å². The Labute approximate surface area is 153 Å². The number of rotatable bonds is 5. The van der Waals surface area contributed by atoms with E-state index in [0.717, 1.165) is 21.9 Å². The molecule has 1 amide bonds. The first kappa shape index (κ1) is 17.8. The zero-order valence-corrected chi connectivity index (χ0v) is 14.9. The third-order valence-electron chi connectivity index (χ3n) is 4.34. The highest BCUT2D eigenvalue weighted by molar-refractivity contribution is 5.92. The maximum Gasteiger partial charge on any atom is 0.316 e. The first-order chi connectivity index (χ1) is 12.7. The number of ether oxygens (including phenoxy) is 1. The van der Waals surface area contributed by atoms with Crippen LogP contribution in [0.5, 0.6) is 5.75 Å². The number of anilines is 1. The van der Waals surface area contributed by atoms with E-state index in [1.54, 1.807) is 18.3 Å². The monoisotopic (exact) mass is 354 g/mol. The minimum Gasteiger partial charge on any atom is -0.494 e. The molecule has 6 heteroatoms. The quantitative estimate of drug-likeness (QED) is 0.507. The summed E-state index contributed by atoms with van der Waals surface area (Å²) < 4.78 is 6.53. The van der Waals surface area contributed by atoms with Crippen LogP contribution in [-0.2, 0) is 4.79 Å². The van der Waals surface area contributed by atoms with E-state index in [1.165, 1.54) is 0 Å². The van der Waals surface area contributed by atoms with Crippen molar-refractivity contribution < 1.29 is 19.5 Å². The fourth-order valence-corrected chi connectivity index (χ4v) is 2.95. The fourth-order valence-electron chi connectivity index (χ4n) is 2.95. The van der Waals surface area contributed by atoms with E-state index in [9.17, 15) is 10.0 Å². The van der Waals surface area contributed by atoms with E-state index >= 15 is 0 Å². The van der Waals surface area contributed by atoms with Crippen LogP contribution < -0.4 is 14.4 Å². The van der Waals surface area contributed by atoms with Crippen molar-refractivity contribution >= 4 is 17.8 Å². The average molecular weight is 354 g/mol. The molecule has 3 rings (SSSR count). The van der Waals surface area contributed by atoms with Gasteiger partial charge in [-0.25, -0.2) is 0 Å². The van der Waals surface area contributed by atoms with Gasteiger partial charge in [0.15, 0.2) is 0 Å². The molecule has 2 heterocycles. The first-order valence-electron chi connectivity index (χ1n) is 8.82. The summed E-state index contributed by atoms with van der Waals surface area (Å²) >= 11 is 0. The van der Waals surface area contributed by atoms with Crippen molar-refractivity contribution in [2.24, 2.45) is 0 Å². The van der Waals surface area contributed by atoms with Gasteiger partial charge in [0.2, 0.25) is 5.91 Å². The van der Waals surface area contributed by atoms with Gasteiger partial charge in [0.05, 0.1) is 19.7 Å². The van der Waals surface area contributed by atoms with Crippen molar-refractivity contribution in [1.82, 2.24) is 4.90 Å². The normalized spacial score (nSPS) is 14.7. The van der Waals surface area contributed by atoms with Crippen LogP contribution in [0.2, 0.25) is 0 Å². The van der Waals surface area contributed by atoms with Crippen LogP contribution in [0.25, 0.3) is 6.08 Å². The lowest BCUT2D eigenvalue weighted by atomic mass is 10.2. The summed E-state index contributed by atoms with van der Waals surface area (Å²) in [6.07, 6.45) is 5.04. The Morgan fingerprint density at radius 1 is 1.15 bits per heavy atom. The second-order valence-corrected chi connectivity index (χ2v) is 6.05. The van der Waals surface area contributed by atoms with Gasteiger partial charge in [-0.15, -0.1) is 0 Å². The maximum atomic E-state index is 12.4. The Morgan fingerprint density at radius 2 is 1.88 bits per heavy atom. The molecule has 1 aliphatic rings. The minimum atomic E-state index is 0.00321. The molecular formula is C20H24N3O3+. The van der Waals surface area contributed by atoms with Gasteiger partial charge in [-0.3, -0.25) is 9.69 Å². The number of hydrogen-bond donors (Lipinski definition) is 1. The molecule has 6 nitrogen and oxygen atoms in total. The molecule has 0 unspecified atom stereocenters. The summed E-state index contributed by atoms with van der Waals surface area (Å²) in [5, 5.41) is 9.88. The van der Waals surface area contributed by atoms with Crippen molar-refractivity contribution in [3.63, 3.8) is 0 Å². The number of benzene rings is 1. The summed E-state index contributed by atoms with van der Waals surface area (Å²) in [6.45, 7) is 5.21. The van der Waals surface area contributed by atoms with E-state index in [2.05, 4.69) is 4.90 Å². The van der Waals surface area contributed by atoms with Crippen molar-refractivity contribution in [1.29, 1.82) is 0 Å². The third kappa shape index (κ3) is 4.33. The van der Waals surface area contributed by atoms with Crippen molar-refractivity contribution in [2.75, 3.05) is 37.7 Å². The molecule has 0 bridgehead atoms. The second-order valence-electron chi connectivity index (χ2n) is 6.05. The lowest BCUT2D eigenvalue weighted by Crippen LogP contribution is -2.51. The molecule has 0 spiro atoms. The number of piperazine rings is 1. The smallest absolute Gasteiger partial charge is 0.316 e. The van der Waals surface area contributed by atoms with Gasteiger partial charge in [0.25, 0.3) is 0 Å². The molecule has 1 aromatic heterocycles. The van der Waals surface area contributed by atoms with Crippen LogP contribution in [0, 0.1) is 0 Å². The molecule has 1 fully saturated rings. The standard InChI is InChI=1S/C20H24N3O3/c1-2-26-18-9-6-17(7-10-18)8-11-20(24)22-15-13-21(14-16-22)19-5-3-4-12-23(19)25/h3-12,25H,2,13-16H2,1H3/q+1/b11-8+. The SMILES string of the molecule is CCOc1ccc(/C=C/C(=O)N2CCN(c3cccc[n+]3O)CC2)cc1. The molecule has 0 radical (unpaired) electrons. The number of amides is 1. The lowest BCUT2D eigenvalue weighted by Gasteiger charge is -2.30. The van der Waals surface area contributed by atoms with Crippen molar-refractivity contribution in [3.8, 4) is 5.75 Å². The lowest BCUT2D eigenvalue weighted by molar-refractivity contribution is -0.894. The molecule has 1 saturated heterocycles. The summed E-state index contributed by atoms with van der Waals surface area (Å²) in [7, 11) is 0. The molecule has 0 aliphatic carbocycles. The van der Waals surface area contributed by atoms with E-state index < -0.39 is 0 Å². The van der Waals surface area contributed by atoms with Gasteiger partial charge >= 0.3 is 5.82 Å². The van der Waals surface area contributed by atoms with Crippen molar-refractivity contribution in [3.05, 3.63) is 60.3 Å². The number of aromatic nitrogens is 1. The Kier molecular flexibility index (Phi) is 5.73. The largest absolute Gasteiger partial charge is 0.494 e. The molecule has 1 aromatic carbocycles. The highest BCUT2D eigenvalue weighted by Crippen LogP contribution is 2.14. The zero-order chi connectivity index (χ0) is 18.4. The third-order valence-corrected chi connectivity index (χ3v) is 4.34. The average Bonchev–Trinajstić information content (AvgIpc) is 2.68. The van der Waals surface area contributed by atoms with E-state index in [-0.39, 0.29) is 5.91 Å². The minimum absolute atomic E-state index is 0.00321. The predicted molar refractivity (Wildman–Crippen MR) is 99.3 cm³/mol. The Bertz CT molecular complexity index is 766. The van der Waals surface area contributed by atoms with Crippen LogP contribution in [0.1, 0.15) is 12.5 Å². The Hall–Kier alpha value is -3.02. The van der Waals surface area contributed by atoms with Gasteiger partial charge < -0.3 is 14.8 Å². The van der Waals surface area contributed by atoms with E-state index in [4.69, 9.17) is 4.74 Å². The van der Waals surface area contributed by atoms with Crippen LogP contribution >= 0.6 is 0 Å². The predicted octanol–water partition coefficient (Wildman–Crippen LogP) is 1.97. The Morgan fingerprint density at radius 3 is 2.54 bits per heavy atom. The van der Waals surface area contributed by atoms with E-state index in [1.807, 2.05) is 54.3 Å². The highest BCUT2D eigenvalue weighted by atomic mass is 16.5. The van der Waals surface area contributed by atoms with Gasteiger partial charge in [-0.1, -0.05) is 22.9 Å². The topological polar surface area (TPSA) is 56.9 Å². The summed E-state index contributed by atoms with van der Waals surface area (Å²) in [5.74, 6) is 1.57. The van der Waals surface area contributed by atoms with Gasteiger partial charge in [0.1, 0.15) is 25.0 Å². The summed E-state index contributed by atoms with van der Waals surface area (Å²) in [5.41, 5.74) is 0.964. The number of carbonyl (C=O) groups is 1. The molecule has 26 heavy (non-hydrogen) atoms. The van der Waals surface area contributed by atoms with Crippen LogP contribution in [0.15, 0.2) is 54.7 Å². The maximum absolute atomic E-state index is 12.4. The number of carbonyl (C=O) groups excluding carboxylic acids is 1. The molecular weight excluding hydrogens is 330 g/mol. The highest BCUT2D eigenvalue weighted by Gasteiger charge is 2.26. The fraction of sp³-hybridized carbons (Fsp3) is 0.300. The molecule has 0 atom stereocenters. The van der Waals surface area contributed by atoms with Crippen molar-refractivity contribution in [2.45, 2.75) is 6.92 Å². The summed E-state index contributed by atoms with van der Waals surface area (Å²) in [4.78, 5) is 16.3. The van der Waals surface area contributed by atoms with Crippen LogP contribution in [0.3, 0.4) is 0 Å². The number of hydrogen-bond acceptors (Lipinski definition) is 4. The first-order valence-corrected chi connectivity index (χ1v) is 8.82.